The van der Waals surface area contributed by atoms with E-state index in [1.165, 1.54) is 7.11 Å². The number of nitrogens with one attached hydrogen (secondary N) is 2. The van der Waals surface area contributed by atoms with Crippen LogP contribution in [0.2, 0.25) is 0 Å². The minimum atomic E-state index is 0. The Morgan fingerprint density at radius 3 is 2.67 bits per heavy atom. The first-order valence-corrected chi connectivity index (χ1v) is 2.87. The maximum absolute atomic E-state index is 4.56. The highest BCUT2D eigenvalue weighted by Crippen LogP contribution is 1.98. The molecule has 0 atom stereocenters. The predicted molar refractivity (Wildman–Crippen MR) is 52.5 cm³/mol. The molecular formula is C6H11Cl2N3O. The maximum Gasteiger partial charge on any atom is 0.0693 e. The normalized spacial score (nSPS) is 7.75. The van der Waals surface area contributed by atoms with E-state index in [4.69, 9.17) is 0 Å². The van der Waals surface area contributed by atoms with Gasteiger partial charge in [0.1, 0.15) is 0 Å². The second-order valence-corrected chi connectivity index (χ2v) is 1.67. The number of hydrazine groups is 1. The first kappa shape index (κ1) is 14.0. The molecule has 70 valence electrons. The molecule has 2 N–H and O–H groups in total. The van der Waals surface area contributed by atoms with E-state index in [9.17, 15) is 0 Å². The van der Waals surface area contributed by atoms with E-state index in [0.717, 1.165) is 5.69 Å². The predicted octanol–water partition coefficient (Wildman–Crippen LogP) is 1.40. The summed E-state index contributed by atoms with van der Waals surface area (Å²) in [7, 11) is 1.53. The molecule has 0 radical (unpaired) electrons. The zero-order valence-corrected chi connectivity index (χ0v) is 8.11. The third kappa shape index (κ3) is 5.15. The molecule has 0 fully saturated rings. The largest absolute Gasteiger partial charge is 0.297 e. The van der Waals surface area contributed by atoms with Crippen molar-refractivity contribution in [1.82, 2.24) is 10.6 Å². The molecule has 1 rings (SSSR count). The lowest BCUT2D eigenvalue weighted by atomic mass is 10.4. The van der Waals surface area contributed by atoms with Crippen molar-refractivity contribution >= 4 is 30.5 Å². The van der Waals surface area contributed by atoms with Crippen LogP contribution in [0.15, 0.2) is 24.5 Å². The molecule has 1 aromatic rings. The number of nitrogens with zero attached hydrogens (tertiary/aromatic N) is 1. The number of halogens is 2. The monoisotopic (exact) mass is 211 g/mol. The fourth-order valence-corrected chi connectivity index (χ4v) is 0.547. The van der Waals surface area contributed by atoms with Crippen LogP contribution in [0.3, 0.4) is 0 Å². The fraction of sp³-hybridized carbons (Fsp3) is 0.167. The standard InChI is InChI=1S/C6H9N3O.2ClH/c1-10-9-8-6-3-2-4-7-5-6;;/h2-5,8-9H,1H3;2*1H. The molecule has 0 aromatic carbocycles. The van der Waals surface area contributed by atoms with Gasteiger partial charge in [-0.2, -0.15) is 0 Å². The summed E-state index contributed by atoms with van der Waals surface area (Å²) in [5.74, 6) is 0. The summed E-state index contributed by atoms with van der Waals surface area (Å²) in [6.07, 6.45) is 3.39. The van der Waals surface area contributed by atoms with Gasteiger partial charge in [-0.1, -0.05) is 0 Å². The van der Waals surface area contributed by atoms with Gasteiger partial charge in [0.05, 0.1) is 19.0 Å². The zero-order valence-electron chi connectivity index (χ0n) is 6.48. The molecule has 0 saturated carbocycles. The second kappa shape index (κ2) is 8.55. The molecule has 12 heavy (non-hydrogen) atoms. The summed E-state index contributed by atoms with van der Waals surface area (Å²) < 4.78 is 0. The van der Waals surface area contributed by atoms with E-state index in [1.807, 2.05) is 12.1 Å². The summed E-state index contributed by atoms with van der Waals surface area (Å²) in [6, 6.07) is 3.71. The van der Waals surface area contributed by atoms with Crippen LogP contribution >= 0.6 is 24.8 Å². The minimum absolute atomic E-state index is 0. The van der Waals surface area contributed by atoms with E-state index >= 15 is 0 Å². The Kier molecular flexibility index (Phi) is 9.97. The van der Waals surface area contributed by atoms with Crippen LogP contribution in [0.25, 0.3) is 0 Å². The van der Waals surface area contributed by atoms with Gasteiger partial charge in [0.2, 0.25) is 0 Å². The molecule has 0 aliphatic heterocycles. The highest BCUT2D eigenvalue weighted by Gasteiger charge is 1.84. The first-order chi connectivity index (χ1) is 4.93. The molecule has 0 saturated heterocycles. The van der Waals surface area contributed by atoms with Crippen LogP contribution in [0.4, 0.5) is 5.69 Å². The van der Waals surface area contributed by atoms with Gasteiger partial charge in [0, 0.05) is 6.20 Å². The highest BCUT2D eigenvalue weighted by molar-refractivity contribution is 5.85. The molecule has 0 bridgehead atoms. The van der Waals surface area contributed by atoms with Gasteiger partial charge in [0.25, 0.3) is 0 Å². The SMILES string of the molecule is CONNc1cccnc1.Cl.Cl. The highest BCUT2D eigenvalue weighted by atomic mass is 35.5. The molecule has 1 aromatic heterocycles. The van der Waals surface area contributed by atoms with Crippen molar-refractivity contribution < 1.29 is 4.84 Å². The zero-order chi connectivity index (χ0) is 7.23. The number of pyridine rings is 1. The van der Waals surface area contributed by atoms with Gasteiger partial charge in [-0.15, -0.1) is 30.4 Å². The second-order valence-electron chi connectivity index (χ2n) is 1.67. The van der Waals surface area contributed by atoms with E-state index in [-0.39, 0.29) is 24.8 Å². The van der Waals surface area contributed by atoms with Crippen molar-refractivity contribution in [3.05, 3.63) is 24.5 Å². The minimum Gasteiger partial charge on any atom is -0.297 e. The third-order valence-corrected chi connectivity index (χ3v) is 0.959. The van der Waals surface area contributed by atoms with Crippen molar-refractivity contribution in [3.63, 3.8) is 0 Å². The molecule has 0 spiro atoms. The lowest BCUT2D eigenvalue weighted by Gasteiger charge is -2.03. The van der Waals surface area contributed by atoms with Gasteiger partial charge in [-0.25, -0.2) is 0 Å². The van der Waals surface area contributed by atoms with Gasteiger partial charge >= 0.3 is 0 Å². The number of anilines is 1. The first-order valence-electron chi connectivity index (χ1n) is 2.87. The maximum atomic E-state index is 4.56. The summed E-state index contributed by atoms with van der Waals surface area (Å²) in [6.45, 7) is 0. The smallest absolute Gasteiger partial charge is 0.0693 e. The van der Waals surface area contributed by atoms with Crippen molar-refractivity contribution in [2.45, 2.75) is 0 Å². The van der Waals surface area contributed by atoms with Crippen LogP contribution in [-0.4, -0.2) is 12.1 Å². The van der Waals surface area contributed by atoms with Crippen LogP contribution in [-0.2, 0) is 4.84 Å². The fourth-order valence-electron chi connectivity index (χ4n) is 0.547. The molecule has 0 aliphatic carbocycles. The third-order valence-electron chi connectivity index (χ3n) is 0.959. The van der Waals surface area contributed by atoms with Crippen molar-refractivity contribution in [2.24, 2.45) is 0 Å². The summed E-state index contributed by atoms with van der Waals surface area (Å²) in [5, 5.41) is 0. The van der Waals surface area contributed by atoms with Gasteiger partial charge in [0.15, 0.2) is 0 Å². The molecule has 0 aliphatic rings. The van der Waals surface area contributed by atoms with E-state index in [2.05, 4.69) is 20.8 Å². The van der Waals surface area contributed by atoms with Gasteiger partial charge in [-0.3, -0.25) is 15.2 Å². The summed E-state index contributed by atoms with van der Waals surface area (Å²) >= 11 is 0. The number of rotatable bonds is 3. The molecular weight excluding hydrogens is 201 g/mol. The Morgan fingerprint density at radius 1 is 1.42 bits per heavy atom. The van der Waals surface area contributed by atoms with Crippen molar-refractivity contribution in [2.75, 3.05) is 12.5 Å². The molecule has 0 unspecified atom stereocenters. The Bertz CT molecular complexity index is 185. The van der Waals surface area contributed by atoms with E-state index in [1.54, 1.807) is 12.4 Å². The number of hydrogen-bond acceptors (Lipinski definition) is 4. The quantitative estimate of drug-likeness (QED) is 0.743. The van der Waals surface area contributed by atoms with Crippen molar-refractivity contribution in [3.8, 4) is 0 Å². The Balaban J connectivity index is 0. The van der Waals surface area contributed by atoms with E-state index < -0.39 is 0 Å². The molecule has 6 heteroatoms. The van der Waals surface area contributed by atoms with Gasteiger partial charge in [-0.05, 0) is 12.1 Å². The Hall–Kier alpha value is -0.550. The lowest BCUT2D eigenvalue weighted by molar-refractivity contribution is 0.111. The average Bonchev–Trinajstić information content (AvgIpc) is 2.03. The van der Waals surface area contributed by atoms with Crippen LogP contribution in [0.5, 0.6) is 0 Å². The number of aromatic nitrogens is 1. The van der Waals surface area contributed by atoms with Crippen LogP contribution in [0, 0.1) is 0 Å². The van der Waals surface area contributed by atoms with Crippen LogP contribution < -0.4 is 11.0 Å². The van der Waals surface area contributed by atoms with Crippen LogP contribution in [0.1, 0.15) is 0 Å². The topological polar surface area (TPSA) is 46.2 Å². The van der Waals surface area contributed by atoms with E-state index in [0.29, 0.717) is 0 Å². The number of hydrogen-bond donors (Lipinski definition) is 2. The lowest BCUT2D eigenvalue weighted by Crippen LogP contribution is -2.19. The van der Waals surface area contributed by atoms with Crippen molar-refractivity contribution in [1.29, 1.82) is 0 Å². The molecule has 4 nitrogen and oxygen atoms in total. The van der Waals surface area contributed by atoms with Gasteiger partial charge < -0.3 is 0 Å². The molecule has 0 amide bonds. The summed E-state index contributed by atoms with van der Waals surface area (Å²) in [4.78, 5) is 8.44. The Labute approximate surface area is 83.5 Å². The summed E-state index contributed by atoms with van der Waals surface area (Å²) in [5.41, 5.74) is 6.10. The Morgan fingerprint density at radius 2 is 2.17 bits per heavy atom. The average molecular weight is 212 g/mol. The molecule has 1 heterocycles.